The van der Waals surface area contributed by atoms with Crippen molar-refractivity contribution in [1.82, 2.24) is 5.32 Å². The highest BCUT2D eigenvalue weighted by Gasteiger charge is 2.12. The first kappa shape index (κ1) is 13.7. The van der Waals surface area contributed by atoms with Crippen LogP contribution in [0.2, 0.25) is 0 Å². The van der Waals surface area contributed by atoms with Gasteiger partial charge in [-0.1, -0.05) is 19.8 Å². The molecule has 1 aromatic heterocycles. The van der Waals surface area contributed by atoms with Crippen molar-refractivity contribution in [2.75, 3.05) is 0 Å². The molecular formula is C15H17NO2S. The standard InChI is InChI=1S/C15H17NO2S/c1-2-3-4-13(10-17)16-15(18)12-5-6-14-11(9-12)7-8-19-14/h5-10,13H,2-4H2,1H3,(H,16,18)/t13-/m0/s1. The number of nitrogens with one attached hydrogen (secondary N) is 1. The highest BCUT2D eigenvalue weighted by molar-refractivity contribution is 7.17. The molecule has 1 amide bonds. The van der Waals surface area contributed by atoms with E-state index in [2.05, 4.69) is 12.2 Å². The minimum atomic E-state index is -0.384. The van der Waals surface area contributed by atoms with Crippen LogP contribution in [0.15, 0.2) is 29.6 Å². The molecule has 3 nitrogen and oxygen atoms in total. The van der Waals surface area contributed by atoms with E-state index < -0.39 is 0 Å². The monoisotopic (exact) mass is 275 g/mol. The van der Waals surface area contributed by atoms with Gasteiger partial charge < -0.3 is 10.1 Å². The zero-order valence-corrected chi connectivity index (χ0v) is 11.7. The Bertz CT molecular complexity index is 576. The van der Waals surface area contributed by atoms with Crippen molar-refractivity contribution in [1.29, 1.82) is 0 Å². The van der Waals surface area contributed by atoms with Gasteiger partial charge in [-0.25, -0.2) is 0 Å². The molecule has 0 fully saturated rings. The fraction of sp³-hybridized carbons (Fsp3) is 0.333. The predicted octanol–water partition coefficient (Wildman–Crippen LogP) is 3.39. The first-order valence-corrected chi connectivity index (χ1v) is 7.36. The van der Waals surface area contributed by atoms with Crippen LogP contribution in [0.4, 0.5) is 0 Å². The minimum Gasteiger partial charge on any atom is -0.343 e. The Balaban J connectivity index is 2.07. The van der Waals surface area contributed by atoms with Crippen LogP contribution in [-0.4, -0.2) is 18.2 Å². The van der Waals surface area contributed by atoms with Crippen LogP contribution in [0.5, 0.6) is 0 Å². The molecule has 2 aromatic rings. The van der Waals surface area contributed by atoms with Gasteiger partial charge in [0.1, 0.15) is 6.29 Å². The summed E-state index contributed by atoms with van der Waals surface area (Å²) < 4.78 is 1.16. The zero-order valence-electron chi connectivity index (χ0n) is 10.9. The number of carbonyl (C=O) groups excluding carboxylic acids is 2. The molecule has 4 heteroatoms. The highest BCUT2D eigenvalue weighted by Crippen LogP contribution is 2.21. The minimum absolute atomic E-state index is 0.179. The summed E-state index contributed by atoms with van der Waals surface area (Å²) in [5.74, 6) is -0.179. The van der Waals surface area contributed by atoms with E-state index in [0.717, 1.165) is 29.2 Å². The molecule has 0 aliphatic heterocycles. The van der Waals surface area contributed by atoms with E-state index in [9.17, 15) is 9.59 Å². The van der Waals surface area contributed by atoms with E-state index in [1.54, 1.807) is 17.4 Å². The fourth-order valence-corrected chi connectivity index (χ4v) is 2.73. The van der Waals surface area contributed by atoms with Crippen molar-refractivity contribution in [3.63, 3.8) is 0 Å². The van der Waals surface area contributed by atoms with Crippen molar-refractivity contribution in [2.24, 2.45) is 0 Å². The molecule has 0 saturated carbocycles. The van der Waals surface area contributed by atoms with Gasteiger partial charge in [0, 0.05) is 10.3 Å². The smallest absolute Gasteiger partial charge is 0.251 e. The lowest BCUT2D eigenvalue weighted by Gasteiger charge is -2.12. The summed E-state index contributed by atoms with van der Waals surface area (Å²) in [4.78, 5) is 23.0. The Morgan fingerprint density at radius 3 is 3.00 bits per heavy atom. The number of aldehydes is 1. The number of fused-ring (bicyclic) bond motifs is 1. The van der Waals surface area contributed by atoms with Crippen molar-refractivity contribution >= 4 is 33.6 Å². The molecule has 1 N–H and O–H groups in total. The first-order valence-electron chi connectivity index (χ1n) is 6.48. The normalized spacial score (nSPS) is 12.3. The number of benzene rings is 1. The molecular weight excluding hydrogens is 258 g/mol. The molecule has 0 unspecified atom stereocenters. The molecule has 0 aliphatic rings. The summed E-state index contributed by atoms with van der Waals surface area (Å²) in [6, 6.07) is 7.21. The molecule has 0 bridgehead atoms. The number of thiophene rings is 1. The molecule has 0 saturated heterocycles. The molecule has 19 heavy (non-hydrogen) atoms. The Morgan fingerprint density at radius 2 is 2.26 bits per heavy atom. The maximum atomic E-state index is 12.1. The third-order valence-electron chi connectivity index (χ3n) is 3.06. The van der Waals surface area contributed by atoms with Gasteiger partial charge in [-0.3, -0.25) is 4.79 Å². The predicted molar refractivity (Wildman–Crippen MR) is 78.7 cm³/mol. The van der Waals surface area contributed by atoms with Crippen LogP contribution < -0.4 is 5.32 Å². The van der Waals surface area contributed by atoms with Crippen LogP contribution in [-0.2, 0) is 4.79 Å². The Kier molecular flexibility index (Phi) is 4.68. The second-order valence-corrected chi connectivity index (χ2v) is 5.48. The quantitative estimate of drug-likeness (QED) is 0.821. The van der Waals surface area contributed by atoms with Crippen LogP contribution in [0.3, 0.4) is 0 Å². The Morgan fingerprint density at radius 1 is 1.42 bits per heavy atom. The second-order valence-electron chi connectivity index (χ2n) is 4.53. The SMILES string of the molecule is CCCC[C@@H](C=O)NC(=O)c1ccc2sccc2c1. The van der Waals surface area contributed by atoms with E-state index in [1.165, 1.54) is 0 Å². The third-order valence-corrected chi connectivity index (χ3v) is 3.96. The average molecular weight is 275 g/mol. The van der Waals surface area contributed by atoms with Crippen LogP contribution in [0.25, 0.3) is 10.1 Å². The summed E-state index contributed by atoms with van der Waals surface area (Å²) >= 11 is 1.65. The molecule has 0 aliphatic carbocycles. The molecule has 1 aromatic carbocycles. The summed E-state index contributed by atoms with van der Waals surface area (Å²) in [6.07, 6.45) is 3.47. The maximum absolute atomic E-state index is 12.1. The van der Waals surface area contributed by atoms with Gasteiger partial charge in [0.25, 0.3) is 5.91 Å². The lowest BCUT2D eigenvalue weighted by atomic mass is 10.1. The van der Waals surface area contributed by atoms with Gasteiger partial charge in [0.2, 0.25) is 0 Å². The molecule has 0 radical (unpaired) electrons. The molecule has 1 heterocycles. The number of hydrogen-bond acceptors (Lipinski definition) is 3. The number of amides is 1. The lowest BCUT2D eigenvalue weighted by Crippen LogP contribution is -2.35. The maximum Gasteiger partial charge on any atom is 0.251 e. The molecule has 100 valence electrons. The zero-order chi connectivity index (χ0) is 13.7. The van der Waals surface area contributed by atoms with E-state index in [-0.39, 0.29) is 11.9 Å². The van der Waals surface area contributed by atoms with Gasteiger partial charge >= 0.3 is 0 Å². The highest BCUT2D eigenvalue weighted by atomic mass is 32.1. The fourth-order valence-electron chi connectivity index (χ4n) is 1.96. The number of unbranched alkanes of at least 4 members (excludes halogenated alkanes) is 1. The average Bonchev–Trinajstić information content (AvgIpc) is 2.90. The molecule has 1 atom stereocenters. The first-order chi connectivity index (χ1) is 9.24. The van der Waals surface area contributed by atoms with E-state index in [4.69, 9.17) is 0 Å². The van der Waals surface area contributed by atoms with E-state index in [1.807, 2.05) is 23.6 Å². The van der Waals surface area contributed by atoms with Crippen LogP contribution >= 0.6 is 11.3 Å². The molecule has 2 rings (SSSR count). The van der Waals surface area contributed by atoms with E-state index >= 15 is 0 Å². The van der Waals surface area contributed by atoms with Gasteiger partial charge in [0.15, 0.2) is 0 Å². The second kappa shape index (κ2) is 6.48. The van der Waals surface area contributed by atoms with Crippen molar-refractivity contribution < 1.29 is 9.59 Å². The number of carbonyl (C=O) groups is 2. The molecule has 0 spiro atoms. The van der Waals surface area contributed by atoms with Crippen molar-refractivity contribution in [3.05, 3.63) is 35.2 Å². The van der Waals surface area contributed by atoms with Crippen molar-refractivity contribution in [3.8, 4) is 0 Å². The summed E-state index contributed by atoms with van der Waals surface area (Å²) in [5.41, 5.74) is 0.606. The van der Waals surface area contributed by atoms with Gasteiger partial charge in [-0.05, 0) is 41.5 Å². The summed E-state index contributed by atoms with van der Waals surface area (Å²) in [7, 11) is 0. The van der Waals surface area contributed by atoms with Crippen LogP contribution in [0.1, 0.15) is 36.5 Å². The van der Waals surface area contributed by atoms with Gasteiger partial charge in [-0.15, -0.1) is 11.3 Å². The van der Waals surface area contributed by atoms with Gasteiger partial charge in [0.05, 0.1) is 6.04 Å². The van der Waals surface area contributed by atoms with E-state index in [0.29, 0.717) is 12.0 Å². The summed E-state index contributed by atoms with van der Waals surface area (Å²) in [5, 5.41) is 5.84. The lowest BCUT2D eigenvalue weighted by molar-refractivity contribution is -0.109. The number of hydrogen-bond donors (Lipinski definition) is 1. The Hall–Kier alpha value is -1.68. The Labute approximate surface area is 116 Å². The van der Waals surface area contributed by atoms with Crippen LogP contribution in [0, 0.1) is 0 Å². The topological polar surface area (TPSA) is 46.2 Å². The van der Waals surface area contributed by atoms with Gasteiger partial charge in [-0.2, -0.15) is 0 Å². The summed E-state index contributed by atoms with van der Waals surface area (Å²) in [6.45, 7) is 2.06. The third kappa shape index (κ3) is 3.41. The van der Waals surface area contributed by atoms with Crippen molar-refractivity contribution in [2.45, 2.75) is 32.2 Å². The largest absolute Gasteiger partial charge is 0.343 e. The number of rotatable bonds is 6.